The van der Waals surface area contributed by atoms with Crippen LogP contribution in [-0.4, -0.2) is 9.97 Å². The zero-order valence-corrected chi connectivity index (χ0v) is 29.9. The average molecular weight is 700 g/mol. The highest BCUT2D eigenvalue weighted by Gasteiger charge is 2.26. The fourth-order valence-corrected chi connectivity index (χ4v) is 8.10. The summed E-state index contributed by atoms with van der Waals surface area (Å²) in [5.41, 5.74) is 17.8. The summed E-state index contributed by atoms with van der Waals surface area (Å²) in [5, 5.41) is 12.0. The molecule has 0 aliphatic heterocycles. The lowest BCUT2D eigenvalue weighted by atomic mass is 9.88. The molecule has 3 heteroatoms. The molecular formula is C52H33N3. The number of fused-ring (bicyclic) bond motifs is 5. The number of benzene rings is 8. The molecule has 0 spiro atoms. The molecule has 0 saturated carbocycles. The van der Waals surface area contributed by atoms with Crippen molar-refractivity contribution in [2.45, 2.75) is 6.42 Å². The third kappa shape index (κ3) is 5.87. The van der Waals surface area contributed by atoms with E-state index in [2.05, 4.69) is 146 Å². The number of nitriles is 1. The highest BCUT2D eigenvalue weighted by molar-refractivity contribution is 6.06. The van der Waals surface area contributed by atoms with Crippen molar-refractivity contribution in [2.24, 2.45) is 0 Å². The quantitative estimate of drug-likeness (QED) is 0.174. The van der Waals surface area contributed by atoms with Gasteiger partial charge in [0.15, 0.2) is 5.82 Å². The van der Waals surface area contributed by atoms with Gasteiger partial charge in [-0.3, -0.25) is 0 Å². The van der Waals surface area contributed by atoms with E-state index in [-0.39, 0.29) is 0 Å². The first kappa shape index (κ1) is 32.3. The normalized spacial score (nSPS) is 11.5. The van der Waals surface area contributed by atoms with Crippen LogP contribution >= 0.6 is 0 Å². The van der Waals surface area contributed by atoms with Gasteiger partial charge in [0, 0.05) is 16.7 Å². The summed E-state index contributed by atoms with van der Waals surface area (Å²) in [6, 6.07) is 68.2. The molecule has 1 aliphatic rings. The molecule has 256 valence electrons. The lowest BCUT2D eigenvalue weighted by Crippen LogP contribution is -1.96. The van der Waals surface area contributed by atoms with E-state index in [9.17, 15) is 5.26 Å². The minimum Gasteiger partial charge on any atom is -0.228 e. The van der Waals surface area contributed by atoms with Gasteiger partial charge in [-0.1, -0.05) is 152 Å². The van der Waals surface area contributed by atoms with Crippen LogP contribution in [0.3, 0.4) is 0 Å². The Bertz CT molecular complexity index is 2880. The summed E-state index contributed by atoms with van der Waals surface area (Å²) < 4.78 is 0. The van der Waals surface area contributed by atoms with Gasteiger partial charge in [0.05, 0.1) is 23.0 Å². The van der Waals surface area contributed by atoms with Crippen LogP contribution in [0.2, 0.25) is 0 Å². The van der Waals surface area contributed by atoms with E-state index in [1.165, 1.54) is 49.7 Å². The topological polar surface area (TPSA) is 49.6 Å². The lowest BCUT2D eigenvalue weighted by Gasteiger charge is -2.15. The van der Waals surface area contributed by atoms with Gasteiger partial charge < -0.3 is 0 Å². The maximum Gasteiger partial charge on any atom is 0.160 e. The highest BCUT2D eigenvalue weighted by atomic mass is 14.9. The number of aromatic nitrogens is 2. The summed E-state index contributed by atoms with van der Waals surface area (Å²) in [7, 11) is 0. The Hall–Kier alpha value is -7.41. The standard InChI is InChI=1S/C52H33N3/c53-33-34-24-26-35(27-25-34)46-31-48-47(45-22-8-7-21-44(45)46)30-42-20-11-23-43(51(42)48)40-18-9-16-38(28-40)39-17-10-19-41(29-39)50-32-49(36-12-3-1-4-13-36)54-52(55-50)37-14-5-2-6-15-37/h1-29,31-32H,30H2. The molecule has 9 aromatic rings. The van der Waals surface area contributed by atoms with Crippen molar-refractivity contribution in [3.63, 3.8) is 0 Å². The Balaban J connectivity index is 1.07. The summed E-state index contributed by atoms with van der Waals surface area (Å²) in [6.07, 6.45) is 0.892. The smallest absolute Gasteiger partial charge is 0.160 e. The third-order valence-electron chi connectivity index (χ3n) is 10.8. The Labute approximate surface area is 320 Å². The summed E-state index contributed by atoms with van der Waals surface area (Å²) in [6.45, 7) is 0. The van der Waals surface area contributed by atoms with Crippen LogP contribution in [0.25, 0.3) is 89.2 Å². The van der Waals surface area contributed by atoms with Crippen LogP contribution in [0, 0.1) is 11.3 Å². The monoisotopic (exact) mass is 699 g/mol. The molecule has 0 saturated heterocycles. The molecule has 10 rings (SSSR count). The summed E-state index contributed by atoms with van der Waals surface area (Å²) in [5.74, 6) is 0.706. The van der Waals surface area contributed by atoms with Gasteiger partial charge in [-0.2, -0.15) is 5.26 Å². The molecule has 0 amide bonds. The molecule has 8 aromatic carbocycles. The van der Waals surface area contributed by atoms with Gasteiger partial charge in [0.25, 0.3) is 0 Å². The van der Waals surface area contributed by atoms with Crippen molar-refractivity contribution >= 4 is 10.8 Å². The van der Waals surface area contributed by atoms with Crippen LogP contribution in [0.15, 0.2) is 188 Å². The first-order valence-corrected chi connectivity index (χ1v) is 18.6. The van der Waals surface area contributed by atoms with Crippen molar-refractivity contribution < 1.29 is 0 Å². The Morgan fingerprint density at radius 3 is 1.71 bits per heavy atom. The van der Waals surface area contributed by atoms with Crippen molar-refractivity contribution in [3.8, 4) is 84.5 Å². The second kappa shape index (κ2) is 13.5. The number of nitrogens with zero attached hydrogens (tertiary/aromatic N) is 3. The largest absolute Gasteiger partial charge is 0.228 e. The molecule has 0 fully saturated rings. The molecule has 1 aromatic heterocycles. The minimum atomic E-state index is 0.665. The number of hydrogen-bond donors (Lipinski definition) is 0. The summed E-state index contributed by atoms with van der Waals surface area (Å²) >= 11 is 0. The van der Waals surface area contributed by atoms with Crippen LogP contribution in [0.4, 0.5) is 0 Å². The van der Waals surface area contributed by atoms with Crippen LogP contribution < -0.4 is 0 Å². The van der Waals surface area contributed by atoms with E-state index in [1.807, 2.05) is 48.5 Å². The maximum atomic E-state index is 9.45. The molecule has 0 bridgehead atoms. The van der Waals surface area contributed by atoms with E-state index in [0.29, 0.717) is 11.4 Å². The Kier molecular flexibility index (Phi) is 7.94. The Morgan fingerprint density at radius 1 is 0.400 bits per heavy atom. The van der Waals surface area contributed by atoms with E-state index in [0.717, 1.165) is 51.2 Å². The van der Waals surface area contributed by atoms with Crippen molar-refractivity contribution in [1.82, 2.24) is 9.97 Å². The third-order valence-corrected chi connectivity index (χ3v) is 10.8. The first-order valence-electron chi connectivity index (χ1n) is 18.6. The maximum absolute atomic E-state index is 9.45. The average Bonchev–Trinajstić information content (AvgIpc) is 3.66. The number of hydrogen-bond acceptors (Lipinski definition) is 3. The molecule has 0 N–H and O–H groups in total. The Morgan fingerprint density at radius 2 is 0.982 bits per heavy atom. The van der Waals surface area contributed by atoms with E-state index < -0.39 is 0 Å². The number of rotatable bonds is 6. The predicted octanol–water partition coefficient (Wildman–Crippen LogP) is 13.1. The molecule has 55 heavy (non-hydrogen) atoms. The van der Waals surface area contributed by atoms with Gasteiger partial charge in [-0.25, -0.2) is 9.97 Å². The second-order valence-electron chi connectivity index (χ2n) is 14.1. The van der Waals surface area contributed by atoms with Gasteiger partial charge in [-0.05, 0) is 109 Å². The fraction of sp³-hybridized carbons (Fsp3) is 0.0192. The zero-order chi connectivity index (χ0) is 36.7. The lowest BCUT2D eigenvalue weighted by molar-refractivity contribution is 1.18. The highest BCUT2D eigenvalue weighted by Crippen LogP contribution is 2.48. The molecule has 1 heterocycles. The predicted molar refractivity (Wildman–Crippen MR) is 225 cm³/mol. The molecule has 3 nitrogen and oxygen atoms in total. The van der Waals surface area contributed by atoms with Gasteiger partial charge in [-0.15, -0.1) is 0 Å². The second-order valence-corrected chi connectivity index (χ2v) is 14.1. The molecule has 0 radical (unpaired) electrons. The van der Waals surface area contributed by atoms with E-state index in [1.54, 1.807) is 0 Å². The molecule has 0 atom stereocenters. The summed E-state index contributed by atoms with van der Waals surface area (Å²) in [4.78, 5) is 10.1. The SMILES string of the molecule is N#Cc1ccc(-c2cc3c(c4ccccc24)Cc2cccc(-c4cccc(-c5cccc(-c6cc(-c7ccccc7)nc(-c7ccccc7)n6)c5)c4)c2-3)cc1. The van der Waals surface area contributed by atoms with Gasteiger partial charge in [0.2, 0.25) is 0 Å². The molecular weight excluding hydrogens is 667 g/mol. The van der Waals surface area contributed by atoms with Gasteiger partial charge in [0.1, 0.15) is 0 Å². The minimum absolute atomic E-state index is 0.665. The van der Waals surface area contributed by atoms with Crippen LogP contribution in [0.1, 0.15) is 16.7 Å². The van der Waals surface area contributed by atoms with Crippen molar-refractivity contribution in [1.29, 1.82) is 5.26 Å². The molecule has 1 aliphatic carbocycles. The van der Waals surface area contributed by atoms with Crippen LogP contribution in [-0.2, 0) is 6.42 Å². The zero-order valence-electron chi connectivity index (χ0n) is 29.9. The molecule has 0 unspecified atom stereocenters. The first-order chi connectivity index (χ1) is 27.2. The van der Waals surface area contributed by atoms with E-state index in [4.69, 9.17) is 9.97 Å². The van der Waals surface area contributed by atoms with Crippen molar-refractivity contribution in [3.05, 3.63) is 205 Å². The fourth-order valence-electron chi connectivity index (χ4n) is 8.10. The van der Waals surface area contributed by atoms with Crippen molar-refractivity contribution in [2.75, 3.05) is 0 Å². The van der Waals surface area contributed by atoms with E-state index >= 15 is 0 Å². The van der Waals surface area contributed by atoms with Crippen LogP contribution in [0.5, 0.6) is 0 Å². The van der Waals surface area contributed by atoms with Gasteiger partial charge >= 0.3 is 0 Å².